The molecule has 8 nitrogen and oxygen atoms in total. The van der Waals surface area contributed by atoms with Crippen LogP contribution in [0, 0.1) is 0 Å². The summed E-state index contributed by atoms with van der Waals surface area (Å²) in [5.41, 5.74) is 0. The molecule has 0 spiro atoms. The summed E-state index contributed by atoms with van der Waals surface area (Å²) in [5.74, 6) is -0.891. The standard InChI is InChI=1S/C25H46N2O3.C5H11NO2/c1-3-4-5-6-7-8-9-10-11-12-13-14-15-16-17-18-19-24-26-20-21-27(24,23(2)28)22-25(29)30;1-6(2,3)4-5(7)8/h20-21,23,28H,3-19,22H2,1-2H3;4H2,1-3H3/p+2. The zero-order chi connectivity index (χ0) is 28.9. The number of aliphatic hydroxyl groups is 1. The van der Waals surface area contributed by atoms with Gasteiger partial charge in [-0.15, -0.1) is 0 Å². The van der Waals surface area contributed by atoms with Crippen LogP contribution >= 0.6 is 0 Å². The molecule has 1 aliphatic heterocycles. The van der Waals surface area contributed by atoms with Gasteiger partial charge in [-0.25, -0.2) is 19.1 Å². The maximum Gasteiger partial charge on any atom is 0.360 e. The number of carboxylic acid groups (broad SMARTS) is 2. The molecule has 2 unspecified atom stereocenters. The number of hydrogen-bond acceptors (Lipinski definition) is 4. The van der Waals surface area contributed by atoms with Crippen LogP contribution in [0.4, 0.5) is 0 Å². The van der Waals surface area contributed by atoms with E-state index in [9.17, 15) is 19.8 Å². The van der Waals surface area contributed by atoms with Crippen LogP contribution in [0.25, 0.3) is 0 Å². The summed E-state index contributed by atoms with van der Waals surface area (Å²) in [6, 6.07) is 0. The minimum absolute atomic E-state index is 0.0475. The first kappa shape index (κ1) is 36.2. The topological polar surface area (TPSA) is 107 Å². The first-order valence-corrected chi connectivity index (χ1v) is 15.0. The van der Waals surface area contributed by atoms with Crippen molar-refractivity contribution < 1.29 is 33.9 Å². The second kappa shape index (κ2) is 21.1. The quantitative estimate of drug-likeness (QED) is 0.107. The third-order valence-corrected chi connectivity index (χ3v) is 6.96. The highest BCUT2D eigenvalue weighted by Gasteiger charge is 2.41. The van der Waals surface area contributed by atoms with Gasteiger partial charge in [0.15, 0.2) is 19.3 Å². The lowest BCUT2D eigenvalue weighted by Crippen LogP contribution is -2.55. The Balaban J connectivity index is 0.00000147. The SMILES string of the molecule is CCCCCCCCCCCCCCCCCCC1=NC=C[N+]1(CC(=O)O)C(C)O.C[N+](C)(C)CC(=O)O. The molecule has 0 fully saturated rings. The van der Waals surface area contributed by atoms with E-state index in [1.165, 1.54) is 89.9 Å². The third kappa shape index (κ3) is 18.5. The van der Waals surface area contributed by atoms with Crippen LogP contribution in [-0.2, 0) is 9.59 Å². The van der Waals surface area contributed by atoms with Crippen molar-refractivity contribution in [2.75, 3.05) is 34.2 Å². The third-order valence-electron chi connectivity index (χ3n) is 6.96. The number of aliphatic carboxylic acids is 2. The molecule has 0 amide bonds. The molecular formula is C30H59N3O5+2. The monoisotopic (exact) mass is 541 g/mol. The summed E-state index contributed by atoms with van der Waals surface area (Å²) >= 11 is 0. The minimum Gasteiger partial charge on any atom is -0.477 e. The van der Waals surface area contributed by atoms with Crippen LogP contribution in [0.5, 0.6) is 0 Å². The van der Waals surface area contributed by atoms with E-state index in [0.717, 1.165) is 25.1 Å². The fourth-order valence-electron chi connectivity index (χ4n) is 4.78. The molecule has 1 heterocycles. The van der Waals surface area contributed by atoms with Gasteiger partial charge >= 0.3 is 11.9 Å². The normalized spacial score (nSPS) is 17.6. The van der Waals surface area contributed by atoms with Crippen molar-refractivity contribution in [2.45, 2.75) is 129 Å². The molecule has 0 bridgehead atoms. The molecular weight excluding hydrogens is 482 g/mol. The molecule has 38 heavy (non-hydrogen) atoms. The Morgan fingerprint density at radius 2 is 1.21 bits per heavy atom. The van der Waals surface area contributed by atoms with Crippen molar-refractivity contribution in [1.29, 1.82) is 0 Å². The van der Waals surface area contributed by atoms with Gasteiger partial charge in [0, 0.05) is 13.3 Å². The number of quaternary nitrogens is 2. The highest BCUT2D eigenvalue weighted by Crippen LogP contribution is 2.24. The number of likely N-dealkylation sites (N-methyl/N-ethyl adjacent to an activating group) is 1. The van der Waals surface area contributed by atoms with Crippen molar-refractivity contribution in [1.82, 2.24) is 0 Å². The van der Waals surface area contributed by atoms with Gasteiger partial charge in [0.25, 0.3) is 0 Å². The lowest BCUT2D eigenvalue weighted by Gasteiger charge is -2.33. The fraction of sp³-hybridized carbons (Fsp3) is 0.833. The number of hydrogen-bond donors (Lipinski definition) is 3. The van der Waals surface area contributed by atoms with E-state index in [2.05, 4.69) is 11.9 Å². The van der Waals surface area contributed by atoms with Crippen LogP contribution in [0.3, 0.4) is 0 Å². The summed E-state index contributed by atoms with van der Waals surface area (Å²) in [4.78, 5) is 25.6. The Bertz CT molecular complexity index is 700. The Morgan fingerprint density at radius 3 is 1.53 bits per heavy atom. The van der Waals surface area contributed by atoms with Gasteiger partial charge < -0.3 is 19.8 Å². The summed E-state index contributed by atoms with van der Waals surface area (Å²) < 4.78 is 0.434. The van der Waals surface area contributed by atoms with Crippen molar-refractivity contribution in [3.63, 3.8) is 0 Å². The largest absolute Gasteiger partial charge is 0.477 e. The highest BCUT2D eigenvalue weighted by atomic mass is 16.4. The zero-order valence-electron chi connectivity index (χ0n) is 25.2. The molecule has 222 valence electrons. The minimum atomic E-state index is -0.915. The molecule has 0 aliphatic carbocycles. The lowest BCUT2D eigenvalue weighted by molar-refractivity contribution is -0.862. The van der Waals surface area contributed by atoms with Crippen molar-refractivity contribution in [3.05, 3.63) is 12.4 Å². The second-order valence-corrected chi connectivity index (χ2v) is 11.9. The zero-order valence-corrected chi connectivity index (χ0v) is 25.2. The number of carbonyl (C=O) groups is 2. The molecule has 0 saturated carbocycles. The summed E-state index contributed by atoms with van der Waals surface area (Å²) in [6.07, 6.45) is 24.7. The first-order chi connectivity index (χ1) is 17.9. The van der Waals surface area contributed by atoms with E-state index in [-0.39, 0.29) is 17.6 Å². The maximum atomic E-state index is 11.2. The molecule has 2 atom stereocenters. The van der Waals surface area contributed by atoms with E-state index in [0.29, 0.717) is 4.48 Å². The van der Waals surface area contributed by atoms with Crippen molar-refractivity contribution in [3.8, 4) is 0 Å². The van der Waals surface area contributed by atoms with Gasteiger partial charge in [-0.3, -0.25) is 0 Å². The van der Waals surface area contributed by atoms with Gasteiger partial charge in [-0.1, -0.05) is 103 Å². The second-order valence-electron chi connectivity index (χ2n) is 11.9. The molecule has 0 aromatic rings. The van der Waals surface area contributed by atoms with E-state index >= 15 is 0 Å². The van der Waals surface area contributed by atoms with Gasteiger partial charge in [-0.05, 0) is 6.42 Å². The number of carboxylic acids is 2. The summed E-state index contributed by atoms with van der Waals surface area (Å²) in [5, 5.41) is 27.6. The number of aliphatic imine (C=N–C) groups is 1. The van der Waals surface area contributed by atoms with Crippen LogP contribution in [-0.4, -0.2) is 82.5 Å². The Hall–Kier alpha value is -1.77. The van der Waals surface area contributed by atoms with Crippen LogP contribution in [0.15, 0.2) is 17.4 Å². The van der Waals surface area contributed by atoms with E-state index < -0.39 is 18.2 Å². The van der Waals surface area contributed by atoms with Gasteiger partial charge in [-0.2, -0.15) is 0 Å². The summed E-state index contributed by atoms with van der Waals surface area (Å²) in [7, 11) is 5.52. The van der Waals surface area contributed by atoms with E-state index in [1.807, 2.05) is 21.1 Å². The molecule has 3 N–H and O–H groups in total. The number of aliphatic hydroxyl groups excluding tert-OH is 1. The lowest BCUT2D eigenvalue weighted by atomic mass is 10.0. The maximum absolute atomic E-state index is 11.2. The summed E-state index contributed by atoms with van der Waals surface area (Å²) in [6.45, 7) is 3.95. The molecule has 8 heteroatoms. The predicted molar refractivity (Wildman–Crippen MR) is 156 cm³/mol. The molecule has 1 aliphatic rings. The highest BCUT2D eigenvalue weighted by molar-refractivity contribution is 5.81. The van der Waals surface area contributed by atoms with Crippen molar-refractivity contribution in [2.24, 2.45) is 4.99 Å². The van der Waals surface area contributed by atoms with Gasteiger partial charge in [0.1, 0.15) is 6.20 Å². The molecule has 0 radical (unpaired) electrons. The Labute approximate surface area is 232 Å². The molecule has 0 saturated heterocycles. The van der Waals surface area contributed by atoms with E-state index in [4.69, 9.17) is 5.11 Å². The number of rotatable bonds is 22. The van der Waals surface area contributed by atoms with Crippen LogP contribution < -0.4 is 0 Å². The van der Waals surface area contributed by atoms with Gasteiger partial charge in [0.05, 0.1) is 27.3 Å². The Kier molecular flexibility index (Phi) is 20.1. The number of unbranched alkanes of at least 4 members (excludes halogenated alkanes) is 15. The molecule has 0 aromatic heterocycles. The number of nitrogens with zero attached hydrogens (tertiary/aromatic N) is 3. The van der Waals surface area contributed by atoms with Crippen molar-refractivity contribution >= 4 is 17.8 Å². The van der Waals surface area contributed by atoms with Crippen LogP contribution in [0.2, 0.25) is 0 Å². The number of amidine groups is 1. The average molecular weight is 542 g/mol. The molecule has 0 aromatic carbocycles. The smallest absolute Gasteiger partial charge is 0.360 e. The Morgan fingerprint density at radius 1 is 0.789 bits per heavy atom. The van der Waals surface area contributed by atoms with E-state index in [1.54, 1.807) is 19.3 Å². The van der Waals surface area contributed by atoms with Crippen LogP contribution in [0.1, 0.15) is 123 Å². The predicted octanol–water partition coefficient (Wildman–Crippen LogP) is 6.54. The fourth-order valence-corrected chi connectivity index (χ4v) is 4.78. The average Bonchev–Trinajstić information content (AvgIpc) is 3.20. The van der Waals surface area contributed by atoms with Gasteiger partial charge in [0.2, 0.25) is 5.84 Å². The molecule has 1 rings (SSSR count). The first-order valence-electron chi connectivity index (χ1n) is 15.0.